The molecule has 0 saturated heterocycles. The normalized spacial score (nSPS) is 10.9. The third-order valence-electron chi connectivity index (χ3n) is 1.55. The molecule has 0 N–H and O–H groups in total. The highest BCUT2D eigenvalue weighted by Gasteiger charge is 2.14. The van der Waals surface area contributed by atoms with Crippen LogP contribution in [0.25, 0.3) is 0 Å². The van der Waals surface area contributed by atoms with Gasteiger partial charge in [-0.3, -0.25) is 0 Å². The fourth-order valence-electron chi connectivity index (χ4n) is 0.876. The fraction of sp³-hybridized carbons (Fsp3) is 0.250. The molecule has 0 aliphatic rings. The molecule has 0 radical (unpaired) electrons. The average Bonchev–Trinajstić information content (AvgIpc) is 2.03. The van der Waals surface area contributed by atoms with Crippen LogP contribution < -0.4 is 0 Å². The molecule has 0 bridgehead atoms. The average molecular weight is 257 g/mol. The maximum Gasteiger partial charge on any atom is 0.264 e. The standard InChI is InChI=1S/C8H5BrF4/c9-3-5-6(10)1-4(8(12)13)2-7(5)11/h1-2,8H,3H2. The van der Waals surface area contributed by atoms with Gasteiger partial charge in [0.1, 0.15) is 11.6 Å². The summed E-state index contributed by atoms with van der Waals surface area (Å²) in [7, 11) is 0. The summed E-state index contributed by atoms with van der Waals surface area (Å²) in [5.41, 5.74) is -0.871. The molecule has 72 valence electrons. The van der Waals surface area contributed by atoms with Crippen LogP contribution in [0.4, 0.5) is 17.6 Å². The summed E-state index contributed by atoms with van der Waals surface area (Å²) in [6.45, 7) is 0. The van der Waals surface area contributed by atoms with E-state index >= 15 is 0 Å². The number of hydrogen-bond donors (Lipinski definition) is 0. The van der Waals surface area contributed by atoms with Crippen LogP contribution in [0.2, 0.25) is 0 Å². The van der Waals surface area contributed by atoms with Gasteiger partial charge in [0.05, 0.1) is 0 Å². The highest BCUT2D eigenvalue weighted by Crippen LogP contribution is 2.24. The van der Waals surface area contributed by atoms with Crippen molar-refractivity contribution < 1.29 is 17.6 Å². The predicted molar refractivity (Wildman–Crippen MR) is 43.9 cm³/mol. The SMILES string of the molecule is Fc1cc(C(F)F)cc(F)c1CBr. The summed E-state index contributed by atoms with van der Waals surface area (Å²) in [6, 6.07) is 1.29. The van der Waals surface area contributed by atoms with Gasteiger partial charge in [0, 0.05) is 16.5 Å². The zero-order valence-corrected chi connectivity index (χ0v) is 7.91. The molecule has 0 unspecified atom stereocenters. The minimum atomic E-state index is -2.85. The van der Waals surface area contributed by atoms with E-state index in [4.69, 9.17) is 0 Å². The Balaban J connectivity index is 3.20. The van der Waals surface area contributed by atoms with E-state index in [-0.39, 0.29) is 10.9 Å². The molecule has 0 amide bonds. The second-order valence-corrected chi connectivity index (χ2v) is 2.96. The van der Waals surface area contributed by atoms with Gasteiger partial charge in [0.15, 0.2) is 0 Å². The van der Waals surface area contributed by atoms with Crippen molar-refractivity contribution in [2.24, 2.45) is 0 Å². The Labute approximate surface area is 80.7 Å². The molecule has 0 heterocycles. The predicted octanol–water partition coefficient (Wildman–Crippen LogP) is 3.80. The zero-order chi connectivity index (χ0) is 10.0. The van der Waals surface area contributed by atoms with Gasteiger partial charge in [-0.1, -0.05) is 15.9 Å². The van der Waals surface area contributed by atoms with Crippen molar-refractivity contribution in [2.45, 2.75) is 11.8 Å². The lowest BCUT2D eigenvalue weighted by Gasteiger charge is -2.04. The quantitative estimate of drug-likeness (QED) is 0.558. The van der Waals surface area contributed by atoms with E-state index in [0.717, 1.165) is 0 Å². The van der Waals surface area contributed by atoms with E-state index in [1.165, 1.54) is 0 Å². The van der Waals surface area contributed by atoms with Gasteiger partial charge in [-0.2, -0.15) is 0 Å². The largest absolute Gasteiger partial charge is 0.264 e. The number of halogens is 5. The van der Waals surface area contributed by atoms with Gasteiger partial charge >= 0.3 is 0 Å². The van der Waals surface area contributed by atoms with Crippen LogP contribution in [0.5, 0.6) is 0 Å². The molecule has 1 aromatic carbocycles. The van der Waals surface area contributed by atoms with Gasteiger partial charge < -0.3 is 0 Å². The lowest BCUT2D eigenvalue weighted by molar-refractivity contribution is 0.150. The molecule has 0 fully saturated rings. The third kappa shape index (κ3) is 2.21. The lowest BCUT2D eigenvalue weighted by Crippen LogP contribution is -1.96. The molecule has 0 aromatic heterocycles. The highest BCUT2D eigenvalue weighted by molar-refractivity contribution is 9.08. The monoisotopic (exact) mass is 256 g/mol. The summed E-state index contributed by atoms with van der Waals surface area (Å²) >= 11 is 2.85. The lowest BCUT2D eigenvalue weighted by atomic mass is 10.1. The maximum atomic E-state index is 12.9. The number of alkyl halides is 3. The van der Waals surface area contributed by atoms with Crippen molar-refractivity contribution in [1.29, 1.82) is 0 Å². The second-order valence-electron chi connectivity index (χ2n) is 2.40. The Hall–Kier alpha value is -0.580. The molecule has 0 nitrogen and oxygen atoms in total. The van der Waals surface area contributed by atoms with Crippen LogP contribution in [0.1, 0.15) is 17.6 Å². The first kappa shape index (κ1) is 10.5. The summed E-state index contributed by atoms with van der Waals surface area (Å²) < 4.78 is 49.8. The van der Waals surface area contributed by atoms with Crippen molar-refractivity contribution in [3.8, 4) is 0 Å². The molecule has 1 rings (SSSR count). The number of hydrogen-bond acceptors (Lipinski definition) is 0. The Morgan fingerprint density at radius 1 is 1.15 bits per heavy atom. The van der Waals surface area contributed by atoms with Crippen molar-refractivity contribution in [2.75, 3.05) is 0 Å². The van der Waals surface area contributed by atoms with Crippen LogP contribution in [0, 0.1) is 11.6 Å². The molecule has 1 aromatic rings. The summed E-state index contributed by atoms with van der Waals surface area (Å²) in [4.78, 5) is 0. The van der Waals surface area contributed by atoms with E-state index in [9.17, 15) is 17.6 Å². The molecule has 5 heteroatoms. The van der Waals surface area contributed by atoms with Crippen LogP contribution in [-0.2, 0) is 5.33 Å². The first-order valence-electron chi connectivity index (χ1n) is 3.38. The molecule has 0 aliphatic carbocycles. The van der Waals surface area contributed by atoms with E-state index in [2.05, 4.69) is 15.9 Å². The van der Waals surface area contributed by atoms with Gasteiger partial charge in [-0.15, -0.1) is 0 Å². The second kappa shape index (κ2) is 4.09. The van der Waals surface area contributed by atoms with Crippen LogP contribution in [-0.4, -0.2) is 0 Å². The summed E-state index contributed by atoms with van der Waals surface area (Å²) in [5, 5.41) is -0.0335. The minimum Gasteiger partial charge on any atom is -0.207 e. The van der Waals surface area contributed by atoms with Gasteiger partial charge in [-0.05, 0) is 12.1 Å². The molecule has 13 heavy (non-hydrogen) atoms. The molecular formula is C8H5BrF4. The Kier molecular flexibility index (Phi) is 3.30. The molecular weight excluding hydrogens is 252 g/mol. The van der Waals surface area contributed by atoms with E-state index in [1.807, 2.05) is 0 Å². The molecule has 0 saturated carbocycles. The van der Waals surface area contributed by atoms with Crippen LogP contribution in [0.15, 0.2) is 12.1 Å². The highest BCUT2D eigenvalue weighted by atomic mass is 79.9. The molecule has 0 spiro atoms. The van der Waals surface area contributed by atoms with E-state index in [0.29, 0.717) is 12.1 Å². The van der Waals surface area contributed by atoms with Crippen molar-refractivity contribution >= 4 is 15.9 Å². The van der Waals surface area contributed by atoms with Gasteiger partial charge in [-0.25, -0.2) is 17.6 Å². The summed E-state index contributed by atoms with van der Waals surface area (Å²) in [5.74, 6) is -1.90. The van der Waals surface area contributed by atoms with Crippen molar-refractivity contribution in [3.05, 3.63) is 34.9 Å². The van der Waals surface area contributed by atoms with Gasteiger partial charge in [0.25, 0.3) is 6.43 Å². The van der Waals surface area contributed by atoms with Gasteiger partial charge in [0.2, 0.25) is 0 Å². The van der Waals surface area contributed by atoms with Crippen molar-refractivity contribution in [1.82, 2.24) is 0 Å². The Morgan fingerprint density at radius 3 is 1.92 bits per heavy atom. The first-order chi connectivity index (χ1) is 6.06. The third-order valence-corrected chi connectivity index (χ3v) is 2.11. The number of rotatable bonds is 2. The Bertz CT molecular complexity index is 288. The van der Waals surface area contributed by atoms with E-state index < -0.39 is 23.6 Å². The van der Waals surface area contributed by atoms with E-state index in [1.54, 1.807) is 0 Å². The smallest absolute Gasteiger partial charge is 0.207 e. The Morgan fingerprint density at radius 2 is 1.62 bits per heavy atom. The number of benzene rings is 1. The van der Waals surface area contributed by atoms with Crippen LogP contribution >= 0.6 is 15.9 Å². The zero-order valence-electron chi connectivity index (χ0n) is 6.33. The summed E-state index contributed by atoms with van der Waals surface area (Å²) in [6.07, 6.45) is -2.85. The minimum absolute atomic E-state index is 0.0335. The maximum absolute atomic E-state index is 12.9. The topological polar surface area (TPSA) is 0 Å². The van der Waals surface area contributed by atoms with Crippen molar-refractivity contribution in [3.63, 3.8) is 0 Å². The first-order valence-corrected chi connectivity index (χ1v) is 4.50. The fourth-order valence-corrected chi connectivity index (χ4v) is 1.41. The molecule has 0 aliphatic heterocycles. The molecule has 0 atom stereocenters. The van der Waals surface area contributed by atoms with Crippen LogP contribution in [0.3, 0.4) is 0 Å².